The number of rotatable bonds is 0. The Morgan fingerprint density at radius 2 is 1.82 bits per heavy atom. The van der Waals surface area contributed by atoms with Crippen molar-refractivity contribution in [3.05, 3.63) is 48.6 Å². The van der Waals surface area contributed by atoms with Crippen LogP contribution >= 0.6 is 0 Å². The largest absolute Gasteiger partial charge is 0.0845 e. The van der Waals surface area contributed by atoms with Crippen LogP contribution < -0.4 is 0 Å². The highest BCUT2D eigenvalue weighted by Gasteiger charge is 1.79. The molecular formula is C11H13. The molecule has 57 valence electrons. The molecule has 0 amide bonds. The molecule has 0 heterocycles. The molecule has 0 saturated carbocycles. The zero-order chi connectivity index (χ0) is 7.78. The predicted octanol–water partition coefficient (Wildman–Crippen LogP) is 3.20. The van der Waals surface area contributed by atoms with E-state index in [0.717, 1.165) is 6.42 Å². The summed E-state index contributed by atoms with van der Waals surface area (Å²) in [6.45, 7) is 0. The highest BCUT2D eigenvalue weighted by atomic mass is 13.9. The van der Waals surface area contributed by atoms with Gasteiger partial charge in [0.05, 0.1) is 0 Å². The maximum atomic E-state index is 3.06. The summed E-state index contributed by atoms with van der Waals surface area (Å²) in [7, 11) is 0. The topological polar surface area (TPSA) is 0 Å². The van der Waals surface area contributed by atoms with Crippen LogP contribution in [0.25, 0.3) is 0 Å². The summed E-state index contributed by atoms with van der Waals surface area (Å²) in [5.74, 6) is 0. The van der Waals surface area contributed by atoms with Crippen molar-refractivity contribution in [1.82, 2.24) is 0 Å². The first-order chi connectivity index (χ1) is 5.50. The Labute approximate surface area is 68.6 Å². The first-order valence-corrected chi connectivity index (χ1v) is 4.06. The minimum atomic E-state index is 1.16. The maximum Gasteiger partial charge on any atom is -0.0187 e. The lowest BCUT2D eigenvalue weighted by atomic mass is 10.2. The van der Waals surface area contributed by atoms with E-state index in [2.05, 4.69) is 24.3 Å². The van der Waals surface area contributed by atoms with E-state index in [9.17, 15) is 0 Å². The summed E-state index contributed by atoms with van der Waals surface area (Å²) in [6, 6.07) is 0. The van der Waals surface area contributed by atoms with E-state index in [1.807, 2.05) is 24.3 Å². The van der Waals surface area contributed by atoms with Crippen LogP contribution in [-0.2, 0) is 0 Å². The Morgan fingerprint density at radius 3 is 2.82 bits per heavy atom. The average Bonchev–Trinajstić information content (AvgIpc) is 2.08. The van der Waals surface area contributed by atoms with Gasteiger partial charge in [0.25, 0.3) is 0 Å². The van der Waals surface area contributed by atoms with Crippen LogP contribution in [0.3, 0.4) is 0 Å². The zero-order valence-electron chi connectivity index (χ0n) is 6.66. The van der Waals surface area contributed by atoms with Gasteiger partial charge in [0.15, 0.2) is 0 Å². The summed E-state index contributed by atoms with van der Waals surface area (Å²) in [6.07, 6.45) is 21.0. The number of allylic oxidation sites excluding steroid dienone is 8. The van der Waals surface area contributed by atoms with Gasteiger partial charge in [-0.2, -0.15) is 0 Å². The molecule has 0 aromatic heterocycles. The van der Waals surface area contributed by atoms with Crippen LogP contribution in [0.4, 0.5) is 0 Å². The van der Waals surface area contributed by atoms with Gasteiger partial charge in [-0.05, 0) is 25.3 Å². The van der Waals surface area contributed by atoms with Crippen LogP contribution in [0.2, 0.25) is 0 Å². The zero-order valence-corrected chi connectivity index (χ0v) is 6.66. The molecule has 1 aliphatic rings. The lowest BCUT2D eigenvalue weighted by molar-refractivity contribution is 0.868. The molecule has 0 aliphatic heterocycles. The van der Waals surface area contributed by atoms with Crippen molar-refractivity contribution in [2.24, 2.45) is 0 Å². The fourth-order valence-electron chi connectivity index (χ4n) is 0.911. The normalized spacial score (nSPS) is 29.8. The van der Waals surface area contributed by atoms with E-state index in [0.29, 0.717) is 0 Å². The average molecular weight is 145 g/mol. The van der Waals surface area contributed by atoms with Crippen molar-refractivity contribution in [1.29, 1.82) is 0 Å². The Balaban J connectivity index is 2.47. The quantitative estimate of drug-likeness (QED) is 0.491. The molecule has 1 rings (SSSR count). The molecule has 0 bridgehead atoms. The Bertz CT molecular complexity index is 170. The van der Waals surface area contributed by atoms with Gasteiger partial charge in [0.1, 0.15) is 0 Å². The van der Waals surface area contributed by atoms with Gasteiger partial charge < -0.3 is 0 Å². The van der Waals surface area contributed by atoms with Crippen LogP contribution in [0.15, 0.2) is 42.5 Å². The van der Waals surface area contributed by atoms with Crippen molar-refractivity contribution in [3.8, 4) is 0 Å². The van der Waals surface area contributed by atoms with Gasteiger partial charge in [0.2, 0.25) is 0 Å². The molecule has 0 atom stereocenters. The van der Waals surface area contributed by atoms with Crippen LogP contribution in [0.1, 0.15) is 19.3 Å². The van der Waals surface area contributed by atoms with Gasteiger partial charge in [-0.15, -0.1) is 0 Å². The second-order valence-electron chi connectivity index (χ2n) is 2.48. The monoisotopic (exact) mass is 145 g/mol. The molecule has 0 heteroatoms. The first-order valence-electron chi connectivity index (χ1n) is 4.06. The van der Waals surface area contributed by atoms with Gasteiger partial charge in [-0.25, -0.2) is 0 Å². The van der Waals surface area contributed by atoms with E-state index in [1.54, 1.807) is 0 Å². The molecule has 0 unspecified atom stereocenters. The Kier molecular flexibility index (Phi) is 4.19. The lowest BCUT2D eigenvalue weighted by Gasteiger charge is -1.87. The third kappa shape index (κ3) is 4.38. The molecule has 0 aromatic carbocycles. The van der Waals surface area contributed by atoms with E-state index in [-0.39, 0.29) is 0 Å². The van der Waals surface area contributed by atoms with Crippen molar-refractivity contribution in [2.75, 3.05) is 0 Å². The highest BCUT2D eigenvalue weighted by molar-refractivity contribution is 5.12. The maximum absolute atomic E-state index is 3.06. The van der Waals surface area contributed by atoms with Crippen molar-refractivity contribution < 1.29 is 0 Å². The molecule has 0 saturated heterocycles. The van der Waals surface area contributed by atoms with Gasteiger partial charge in [-0.1, -0.05) is 42.5 Å². The van der Waals surface area contributed by atoms with Gasteiger partial charge in [-0.3, -0.25) is 0 Å². The van der Waals surface area contributed by atoms with Crippen LogP contribution in [-0.4, -0.2) is 0 Å². The van der Waals surface area contributed by atoms with E-state index >= 15 is 0 Å². The van der Waals surface area contributed by atoms with Gasteiger partial charge in [0, 0.05) is 0 Å². The summed E-state index contributed by atoms with van der Waals surface area (Å²) < 4.78 is 0. The molecule has 0 fully saturated rings. The summed E-state index contributed by atoms with van der Waals surface area (Å²) >= 11 is 0. The van der Waals surface area contributed by atoms with Crippen LogP contribution in [0, 0.1) is 6.08 Å². The van der Waals surface area contributed by atoms with Crippen LogP contribution in [0.5, 0.6) is 0 Å². The van der Waals surface area contributed by atoms with Gasteiger partial charge >= 0.3 is 0 Å². The Hall–Kier alpha value is -1.04. The fourth-order valence-corrected chi connectivity index (χ4v) is 0.911. The molecular weight excluding hydrogens is 132 g/mol. The second kappa shape index (κ2) is 5.72. The molecule has 0 nitrogen and oxygen atoms in total. The molecule has 0 N–H and O–H groups in total. The van der Waals surface area contributed by atoms with E-state index in [4.69, 9.17) is 0 Å². The minimum absolute atomic E-state index is 1.16. The molecule has 0 aromatic rings. The Morgan fingerprint density at radius 1 is 0.909 bits per heavy atom. The van der Waals surface area contributed by atoms with Crippen molar-refractivity contribution in [3.63, 3.8) is 0 Å². The molecule has 1 aliphatic carbocycles. The molecule has 1 radical (unpaired) electrons. The molecule has 11 heavy (non-hydrogen) atoms. The SMILES string of the molecule is [C]1=C\C=C\C=C/CCC\C=C/1. The fraction of sp³-hybridized carbons (Fsp3) is 0.273. The molecule has 0 spiro atoms. The standard InChI is InChI=1S/C11H13/c1-2-4-6-8-10-11-9-7-5-3-1/h1-5,9,11H,6,8,10H2/b3-1+,4-2-,7-5?,11-9-. The van der Waals surface area contributed by atoms with E-state index in [1.165, 1.54) is 12.8 Å². The third-order valence-corrected chi connectivity index (χ3v) is 1.51. The number of hydrogen-bond donors (Lipinski definition) is 0. The van der Waals surface area contributed by atoms with Crippen molar-refractivity contribution >= 4 is 0 Å². The number of hydrogen-bond acceptors (Lipinski definition) is 0. The predicted molar refractivity (Wildman–Crippen MR) is 49.1 cm³/mol. The summed E-state index contributed by atoms with van der Waals surface area (Å²) in [5.41, 5.74) is 0. The third-order valence-electron chi connectivity index (χ3n) is 1.51. The summed E-state index contributed by atoms with van der Waals surface area (Å²) in [4.78, 5) is 0. The lowest BCUT2D eigenvalue weighted by Crippen LogP contribution is -1.67. The van der Waals surface area contributed by atoms with Crippen molar-refractivity contribution in [2.45, 2.75) is 19.3 Å². The van der Waals surface area contributed by atoms with E-state index < -0.39 is 0 Å². The highest BCUT2D eigenvalue weighted by Crippen LogP contribution is 1.99. The first kappa shape index (κ1) is 8.06. The summed E-state index contributed by atoms with van der Waals surface area (Å²) in [5, 5.41) is 0. The minimum Gasteiger partial charge on any atom is -0.0845 e. The smallest absolute Gasteiger partial charge is 0.0187 e. The second-order valence-corrected chi connectivity index (χ2v) is 2.48.